The predicted octanol–water partition coefficient (Wildman–Crippen LogP) is 11.9. The minimum absolute atomic E-state index is 0.563. The van der Waals surface area contributed by atoms with Gasteiger partial charge < -0.3 is 0 Å². The van der Waals surface area contributed by atoms with Crippen molar-refractivity contribution in [2.45, 2.75) is 6.92 Å². The number of benzene rings is 7. The number of aryl methyl sites for hydroxylation is 1. The molecular formula is C39H27P. The zero-order valence-corrected chi connectivity index (χ0v) is 23.2. The van der Waals surface area contributed by atoms with Gasteiger partial charge in [0.25, 0.3) is 0 Å². The molecule has 0 fully saturated rings. The summed E-state index contributed by atoms with van der Waals surface area (Å²) in [6.07, 6.45) is 0. The lowest BCUT2D eigenvalue weighted by Crippen LogP contribution is -1.91. The maximum absolute atomic E-state index is 2.46. The molecule has 0 aliphatic rings. The molecule has 188 valence electrons. The molecular weight excluding hydrogens is 499 g/mol. The molecule has 0 saturated carbocycles. The standard InChI is InChI=1S/C39H27P/c1-26-20-22-33-35(24-26)39(32-18-9-8-17-31(32)38(33)27-12-4-2-5-13-27)28-21-23-37-34(25-28)30-16-10-11-19-36(30)40(37)29-14-6-3-7-15-29/h2-25H,1H3. The molecule has 1 heteroatoms. The van der Waals surface area contributed by atoms with E-state index in [9.17, 15) is 0 Å². The van der Waals surface area contributed by atoms with Crippen LogP contribution in [0, 0.1) is 6.92 Å². The largest absolute Gasteiger partial charge is 0.0772 e. The fraction of sp³-hybridized carbons (Fsp3) is 0.0256. The second kappa shape index (κ2) is 9.23. The summed E-state index contributed by atoms with van der Waals surface area (Å²) in [5.41, 5.74) is 6.46. The molecule has 0 spiro atoms. The van der Waals surface area contributed by atoms with E-state index in [1.807, 2.05) is 0 Å². The van der Waals surface area contributed by atoms with Crippen molar-refractivity contribution in [3.63, 3.8) is 0 Å². The van der Waals surface area contributed by atoms with Gasteiger partial charge in [0.15, 0.2) is 0 Å². The van der Waals surface area contributed by atoms with Crippen LogP contribution in [0.3, 0.4) is 0 Å². The summed E-state index contributed by atoms with van der Waals surface area (Å²) in [6, 6.07) is 54.0. The molecule has 8 aromatic rings. The highest BCUT2D eigenvalue weighted by atomic mass is 31.1. The Morgan fingerprint density at radius 2 is 0.950 bits per heavy atom. The Balaban J connectivity index is 1.49. The third-order valence-electron chi connectivity index (χ3n) is 8.22. The van der Waals surface area contributed by atoms with Gasteiger partial charge >= 0.3 is 0 Å². The molecule has 8 rings (SSSR count). The van der Waals surface area contributed by atoms with Crippen LogP contribution in [0.2, 0.25) is 0 Å². The Morgan fingerprint density at radius 3 is 1.70 bits per heavy atom. The van der Waals surface area contributed by atoms with Crippen molar-refractivity contribution in [3.8, 4) is 27.6 Å². The summed E-state index contributed by atoms with van der Waals surface area (Å²) >= 11 is 0. The minimum Gasteiger partial charge on any atom is -0.0772 e. The second-order valence-corrected chi connectivity index (χ2v) is 12.8. The van der Waals surface area contributed by atoms with E-state index in [0.29, 0.717) is 0 Å². The van der Waals surface area contributed by atoms with Crippen molar-refractivity contribution in [1.29, 1.82) is 0 Å². The average Bonchev–Trinajstić information content (AvgIpc) is 3.34. The summed E-state index contributed by atoms with van der Waals surface area (Å²) in [7, 11) is -0.563. The summed E-state index contributed by atoms with van der Waals surface area (Å²) in [5, 5.41) is 12.3. The lowest BCUT2D eigenvalue weighted by Gasteiger charge is -2.18. The van der Waals surface area contributed by atoms with Crippen molar-refractivity contribution in [1.82, 2.24) is 0 Å². The highest BCUT2D eigenvalue weighted by molar-refractivity contribution is 7.67. The van der Waals surface area contributed by atoms with E-state index in [0.717, 1.165) is 0 Å². The molecule has 1 unspecified atom stereocenters. The zero-order chi connectivity index (χ0) is 26.6. The summed E-state index contributed by atoms with van der Waals surface area (Å²) in [5.74, 6) is 0. The maximum atomic E-state index is 2.46. The Kier molecular flexibility index (Phi) is 5.37. The van der Waals surface area contributed by atoms with Crippen LogP contribution in [0.1, 0.15) is 5.56 Å². The first-order chi connectivity index (χ1) is 19.8. The molecule has 7 aromatic carbocycles. The highest BCUT2D eigenvalue weighted by Crippen LogP contribution is 2.56. The van der Waals surface area contributed by atoms with E-state index in [-0.39, 0.29) is 0 Å². The van der Waals surface area contributed by atoms with E-state index in [4.69, 9.17) is 0 Å². The Labute approximate surface area is 235 Å². The topological polar surface area (TPSA) is 0 Å². The predicted molar refractivity (Wildman–Crippen MR) is 176 cm³/mol. The first-order valence-corrected chi connectivity index (χ1v) is 15.2. The molecule has 0 radical (unpaired) electrons. The molecule has 1 atom stereocenters. The van der Waals surface area contributed by atoms with Crippen LogP contribution in [0.15, 0.2) is 146 Å². The van der Waals surface area contributed by atoms with Crippen molar-refractivity contribution >= 4 is 50.1 Å². The Hall–Kier alpha value is -4.64. The zero-order valence-electron chi connectivity index (χ0n) is 22.3. The molecule has 1 aromatic heterocycles. The lowest BCUT2D eigenvalue weighted by atomic mass is 9.85. The van der Waals surface area contributed by atoms with Gasteiger partial charge in [-0.3, -0.25) is 0 Å². The molecule has 0 saturated heterocycles. The van der Waals surface area contributed by atoms with Gasteiger partial charge in [-0.25, -0.2) is 0 Å². The highest BCUT2D eigenvalue weighted by Gasteiger charge is 2.19. The van der Waals surface area contributed by atoms with Crippen LogP contribution in [-0.4, -0.2) is 0 Å². The first kappa shape index (κ1) is 23.3. The lowest BCUT2D eigenvalue weighted by molar-refractivity contribution is 1.51. The number of hydrogen-bond donors (Lipinski definition) is 0. The second-order valence-electron chi connectivity index (χ2n) is 10.6. The van der Waals surface area contributed by atoms with Crippen molar-refractivity contribution in [2.75, 3.05) is 0 Å². The van der Waals surface area contributed by atoms with Crippen LogP contribution in [0.25, 0.3) is 70.1 Å². The number of fused-ring (bicyclic) bond motifs is 5. The fourth-order valence-corrected chi connectivity index (χ4v) is 9.11. The monoisotopic (exact) mass is 526 g/mol. The van der Waals surface area contributed by atoms with Gasteiger partial charge in [0.1, 0.15) is 0 Å². The minimum atomic E-state index is -0.563. The number of hydrogen-bond acceptors (Lipinski definition) is 0. The SMILES string of the molecule is Cc1ccc2c(-c3ccccc3)c3ccccc3c(-c3ccc4c(c3)c3ccccc3p4-c3ccccc3)c2c1. The summed E-state index contributed by atoms with van der Waals surface area (Å²) in [6.45, 7) is 2.20. The van der Waals surface area contributed by atoms with E-state index in [2.05, 4.69) is 153 Å². The molecule has 1 heterocycles. The van der Waals surface area contributed by atoms with Gasteiger partial charge in [-0.15, -0.1) is 0 Å². The third-order valence-corrected chi connectivity index (χ3v) is 10.8. The van der Waals surface area contributed by atoms with Crippen molar-refractivity contribution in [3.05, 3.63) is 151 Å². The van der Waals surface area contributed by atoms with E-state index < -0.39 is 7.53 Å². The maximum Gasteiger partial charge on any atom is 0.00687 e. The van der Waals surface area contributed by atoms with Crippen molar-refractivity contribution in [2.24, 2.45) is 0 Å². The van der Waals surface area contributed by atoms with Gasteiger partial charge in [0, 0.05) is 10.2 Å². The Morgan fingerprint density at radius 1 is 0.375 bits per heavy atom. The summed E-state index contributed by atoms with van der Waals surface area (Å²) < 4.78 is 0. The first-order valence-electron chi connectivity index (χ1n) is 13.9. The van der Waals surface area contributed by atoms with Crippen LogP contribution >= 0.6 is 7.53 Å². The third kappa shape index (κ3) is 3.54. The van der Waals surface area contributed by atoms with Gasteiger partial charge in [-0.2, -0.15) is 0 Å². The van der Waals surface area contributed by atoms with Gasteiger partial charge in [-0.1, -0.05) is 147 Å². The van der Waals surface area contributed by atoms with Crippen molar-refractivity contribution < 1.29 is 0 Å². The molecule has 40 heavy (non-hydrogen) atoms. The molecule has 0 bridgehead atoms. The van der Waals surface area contributed by atoms with Crippen LogP contribution in [0.5, 0.6) is 0 Å². The van der Waals surface area contributed by atoms with Gasteiger partial charge in [-0.05, 0) is 78.9 Å². The average molecular weight is 527 g/mol. The molecule has 0 amide bonds. The van der Waals surface area contributed by atoms with E-state index in [1.165, 1.54) is 75.7 Å². The molecule has 0 aliphatic heterocycles. The van der Waals surface area contributed by atoms with E-state index >= 15 is 0 Å². The van der Waals surface area contributed by atoms with Crippen LogP contribution in [0.4, 0.5) is 0 Å². The molecule has 0 nitrogen and oxygen atoms in total. The molecule has 0 aliphatic carbocycles. The Bertz CT molecular complexity index is 2200. The smallest absolute Gasteiger partial charge is 0.00687 e. The summed E-state index contributed by atoms with van der Waals surface area (Å²) in [4.78, 5) is 0. The number of rotatable bonds is 3. The van der Waals surface area contributed by atoms with E-state index in [1.54, 1.807) is 0 Å². The normalized spacial score (nSPS) is 12.1. The van der Waals surface area contributed by atoms with Gasteiger partial charge in [0.2, 0.25) is 0 Å². The van der Waals surface area contributed by atoms with Crippen LogP contribution in [-0.2, 0) is 0 Å². The fourth-order valence-electron chi connectivity index (χ4n) is 6.50. The quantitative estimate of drug-likeness (QED) is 0.201. The molecule has 0 N–H and O–H groups in total. The van der Waals surface area contributed by atoms with Gasteiger partial charge in [0.05, 0.1) is 0 Å². The van der Waals surface area contributed by atoms with Crippen LogP contribution < -0.4 is 0 Å².